The maximum Gasteiger partial charge on any atom is 0.214 e. The number of nitrogens with one attached hydrogen (secondary N) is 1. The Bertz CT molecular complexity index is 405. The Morgan fingerprint density at radius 2 is 2.21 bits per heavy atom. The highest BCUT2D eigenvalue weighted by molar-refractivity contribution is 5.25. The maximum atomic E-state index is 5.80. The molecular weight excluding hydrogens is 240 g/mol. The molecule has 1 aliphatic rings. The third kappa shape index (κ3) is 5.17. The Kier molecular flexibility index (Phi) is 5.16. The predicted molar refractivity (Wildman–Crippen MR) is 75.4 cm³/mol. The summed E-state index contributed by atoms with van der Waals surface area (Å²) < 4.78 is 11.1. The predicted octanol–water partition coefficient (Wildman–Crippen LogP) is 2.45. The van der Waals surface area contributed by atoms with Gasteiger partial charge in [-0.1, -0.05) is 0 Å². The fourth-order valence-corrected chi connectivity index (χ4v) is 1.94. The van der Waals surface area contributed by atoms with Crippen LogP contribution < -0.4 is 10.1 Å². The lowest BCUT2D eigenvalue weighted by molar-refractivity contribution is 0.0632. The molecule has 106 valence electrons. The summed E-state index contributed by atoms with van der Waals surface area (Å²) in [6, 6.07) is 4.84. The van der Waals surface area contributed by atoms with Crippen molar-refractivity contribution in [1.82, 2.24) is 10.3 Å². The van der Waals surface area contributed by atoms with Gasteiger partial charge < -0.3 is 14.8 Å². The minimum Gasteiger partial charge on any atom is -0.472 e. The Labute approximate surface area is 115 Å². The second kappa shape index (κ2) is 6.87. The van der Waals surface area contributed by atoms with Gasteiger partial charge in [-0.15, -0.1) is 0 Å². The first-order chi connectivity index (χ1) is 9.17. The molecular formula is C15H24N2O2. The first-order valence-electron chi connectivity index (χ1n) is 7.12. The molecule has 1 fully saturated rings. The van der Waals surface area contributed by atoms with Gasteiger partial charge in [0.15, 0.2) is 0 Å². The number of ether oxygens (including phenoxy) is 2. The van der Waals surface area contributed by atoms with Gasteiger partial charge in [-0.25, -0.2) is 4.98 Å². The number of aryl methyl sites for hydroxylation is 1. The van der Waals surface area contributed by atoms with Crippen LogP contribution in [0.25, 0.3) is 0 Å². The highest BCUT2D eigenvalue weighted by atomic mass is 16.5. The number of hydrogen-bond acceptors (Lipinski definition) is 4. The summed E-state index contributed by atoms with van der Waals surface area (Å²) in [5.41, 5.74) is 2.23. The van der Waals surface area contributed by atoms with E-state index in [0.29, 0.717) is 19.1 Å². The van der Waals surface area contributed by atoms with Crippen LogP contribution in [0.4, 0.5) is 0 Å². The smallest absolute Gasteiger partial charge is 0.214 e. The molecule has 1 N–H and O–H groups in total. The molecule has 1 heterocycles. The molecule has 4 nitrogen and oxygen atoms in total. The van der Waals surface area contributed by atoms with Crippen LogP contribution in [0.5, 0.6) is 5.88 Å². The maximum absolute atomic E-state index is 5.80. The molecule has 2 rings (SSSR count). The van der Waals surface area contributed by atoms with Gasteiger partial charge >= 0.3 is 0 Å². The lowest BCUT2D eigenvalue weighted by atomic mass is 10.2. The molecule has 4 heteroatoms. The summed E-state index contributed by atoms with van der Waals surface area (Å²) >= 11 is 0. The van der Waals surface area contributed by atoms with E-state index < -0.39 is 0 Å². The van der Waals surface area contributed by atoms with Crippen LogP contribution in [-0.2, 0) is 11.3 Å². The standard InChI is InChI=1S/C15H24N2O2/c1-4-18-10-12(3)19-15-8-13(7-11(2)17-15)9-16-14-5-6-14/h7-8,12,14,16H,4-6,9-10H2,1-3H3. The fourth-order valence-electron chi connectivity index (χ4n) is 1.94. The number of aromatic nitrogens is 1. The van der Waals surface area contributed by atoms with E-state index in [-0.39, 0.29) is 6.10 Å². The normalized spacial score (nSPS) is 16.4. The van der Waals surface area contributed by atoms with Gasteiger partial charge in [0.05, 0.1) is 6.61 Å². The van der Waals surface area contributed by atoms with Gasteiger partial charge in [0.2, 0.25) is 5.88 Å². The Morgan fingerprint density at radius 1 is 1.42 bits per heavy atom. The van der Waals surface area contributed by atoms with E-state index >= 15 is 0 Å². The highest BCUT2D eigenvalue weighted by Crippen LogP contribution is 2.20. The molecule has 1 aliphatic carbocycles. The van der Waals surface area contributed by atoms with E-state index in [2.05, 4.69) is 16.4 Å². The molecule has 0 aromatic carbocycles. The third-order valence-electron chi connectivity index (χ3n) is 3.04. The molecule has 1 unspecified atom stereocenters. The zero-order valence-electron chi connectivity index (χ0n) is 12.1. The monoisotopic (exact) mass is 264 g/mol. The minimum absolute atomic E-state index is 0.0264. The van der Waals surface area contributed by atoms with Gasteiger partial charge in [0.25, 0.3) is 0 Å². The minimum atomic E-state index is 0.0264. The largest absolute Gasteiger partial charge is 0.472 e. The second-order valence-corrected chi connectivity index (χ2v) is 5.20. The topological polar surface area (TPSA) is 43.4 Å². The van der Waals surface area contributed by atoms with Crippen molar-refractivity contribution in [2.24, 2.45) is 0 Å². The third-order valence-corrected chi connectivity index (χ3v) is 3.04. The van der Waals surface area contributed by atoms with Crippen molar-refractivity contribution < 1.29 is 9.47 Å². The van der Waals surface area contributed by atoms with E-state index in [9.17, 15) is 0 Å². The first kappa shape index (κ1) is 14.3. The second-order valence-electron chi connectivity index (χ2n) is 5.20. The van der Waals surface area contributed by atoms with Gasteiger partial charge in [-0.05, 0) is 45.2 Å². The average molecular weight is 264 g/mol. The van der Waals surface area contributed by atoms with Crippen molar-refractivity contribution in [2.45, 2.75) is 52.3 Å². The van der Waals surface area contributed by atoms with Crippen LogP contribution in [0, 0.1) is 6.92 Å². The Morgan fingerprint density at radius 3 is 2.89 bits per heavy atom. The van der Waals surface area contributed by atoms with Crippen LogP contribution in [0.3, 0.4) is 0 Å². The van der Waals surface area contributed by atoms with E-state index in [1.54, 1.807) is 0 Å². The van der Waals surface area contributed by atoms with Gasteiger partial charge in [-0.3, -0.25) is 0 Å². The number of nitrogens with zero attached hydrogens (tertiary/aromatic N) is 1. The van der Waals surface area contributed by atoms with Crippen molar-refractivity contribution >= 4 is 0 Å². The van der Waals surface area contributed by atoms with E-state index in [4.69, 9.17) is 9.47 Å². The van der Waals surface area contributed by atoms with Crippen molar-refractivity contribution in [1.29, 1.82) is 0 Å². The lowest BCUT2D eigenvalue weighted by Gasteiger charge is -2.15. The van der Waals surface area contributed by atoms with Crippen LogP contribution >= 0.6 is 0 Å². The number of hydrogen-bond donors (Lipinski definition) is 1. The highest BCUT2D eigenvalue weighted by Gasteiger charge is 2.20. The molecule has 0 saturated heterocycles. The van der Waals surface area contributed by atoms with Crippen molar-refractivity contribution in [3.05, 3.63) is 23.4 Å². The zero-order chi connectivity index (χ0) is 13.7. The summed E-state index contributed by atoms with van der Waals surface area (Å²) in [6.45, 7) is 8.19. The first-order valence-corrected chi connectivity index (χ1v) is 7.12. The Hall–Kier alpha value is -1.13. The zero-order valence-corrected chi connectivity index (χ0v) is 12.1. The van der Waals surface area contributed by atoms with Crippen molar-refractivity contribution in [3.8, 4) is 5.88 Å². The molecule has 0 spiro atoms. The average Bonchev–Trinajstić information content (AvgIpc) is 3.17. The number of rotatable bonds is 8. The molecule has 1 saturated carbocycles. The molecule has 19 heavy (non-hydrogen) atoms. The lowest BCUT2D eigenvalue weighted by Crippen LogP contribution is -2.20. The summed E-state index contributed by atoms with van der Waals surface area (Å²) in [4.78, 5) is 4.42. The molecule has 0 amide bonds. The van der Waals surface area contributed by atoms with E-state index in [1.165, 1.54) is 18.4 Å². The van der Waals surface area contributed by atoms with Crippen LogP contribution in [0.2, 0.25) is 0 Å². The molecule has 1 aromatic rings. The van der Waals surface area contributed by atoms with Gasteiger partial charge in [0, 0.05) is 31.0 Å². The summed E-state index contributed by atoms with van der Waals surface area (Å²) in [5.74, 6) is 0.694. The van der Waals surface area contributed by atoms with Gasteiger partial charge in [0.1, 0.15) is 6.10 Å². The van der Waals surface area contributed by atoms with Crippen molar-refractivity contribution in [2.75, 3.05) is 13.2 Å². The molecule has 1 atom stereocenters. The SMILES string of the molecule is CCOCC(C)Oc1cc(CNC2CC2)cc(C)n1. The van der Waals surface area contributed by atoms with Crippen LogP contribution in [0.15, 0.2) is 12.1 Å². The molecule has 0 radical (unpaired) electrons. The number of pyridine rings is 1. The van der Waals surface area contributed by atoms with Crippen LogP contribution in [0.1, 0.15) is 37.9 Å². The Balaban J connectivity index is 1.90. The summed E-state index contributed by atoms with van der Waals surface area (Å²) in [5, 5.41) is 3.51. The van der Waals surface area contributed by atoms with E-state index in [0.717, 1.165) is 18.3 Å². The molecule has 0 bridgehead atoms. The molecule has 0 aliphatic heterocycles. The summed E-state index contributed by atoms with van der Waals surface area (Å²) in [6.07, 6.45) is 2.64. The van der Waals surface area contributed by atoms with Crippen LogP contribution in [-0.4, -0.2) is 30.3 Å². The van der Waals surface area contributed by atoms with E-state index in [1.807, 2.05) is 26.8 Å². The quantitative estimate of drug-likeness (QED) is 0.783. The fraction of sp³-hybridized carbons (Fsp3) is 0.667. The van der Waals surface area contributed by atoms with Gasteiger partial charge in [-0.2, -0.15) is 0 Å². The summed E-state index contributed by atoms with van der Waals surface area (Å²) in [7, 11) is 0. The van der Waals surface area contributed by atoms with Crippen molar-refractivity contribution in [3.63, 3.8) is 0 Å². The molecule has 1 aromatic heterocycles.